The fourth-order valence-electron chi connectivity index (χ4n) is 2.60. The first-order valence-electron chi connectivity index (χ1n) is 9.11. The van der Waals surface area contributed by atoms with Crippen LogP contribution in [0.25, 0.3) is 11.1 Å². The van der Waals surface area contributed by atoms with Gasteiger partial charge < -0.3 is 15.2 Å². The summed E-state index contributed by atoms with van der Waals surface area (Å²) >= 11 is 0. The number of aliphatic carboxylic acids is 1. The van der Waals surface area contributed by atoms with Gasteiger partial charge in [-0.15, -0.1) is 0 Å². The molecule has 2 aromatic rings. The van der Waals surface area contributed by atoms with Gasteiger partial charge in [-0.05, 0) is 51.0 Å². The van der Waals surface area contributed by atoms with Gasteiger partial charge in [0.1, 0.15) is 11.9 Å². The average molecular weight is 387 g/mol. The van der Waals surface area contributed by atoms with Crippen LogP contribution in [0.5, 0.6) is 0 Å². The Kier molecular flexibility index (Phi) is 6.91. The Morgan fingerprint density at radius 1 is 1.11 bits per heavy atom. The van der Waals surface area contributed by atoms with Crippen molar-refractivity contribution >= 4 is 11.9 Å². The summed E-state index contributed by atoms with van der Waals surface area (Å²) in [4.78, 5) is 23.8. The lowest BCUT2D eigenvalue weighted by molar-refractivity contribution is -0.140. The number of nitrogens with one attached hydrogen (secondary N) is 1. The summed E-state index contributed by atoms with van der Waals surface area (Å²) in [6.07, 6.45) is 0.0847. The first-order chi connectivity index (χ1) is 13.1. The van der Waals surface area contributed by atoms with Crippen molar-refractivity contribution in [2.45, 2.75) is 45.8 Å². The molecule has 1 unspecified atom stereocenters. The van der Waals surface area contributed by atoms with Gasteiger partial charge in [-0.1, -0.05) is 35.9 Å². The molecule has 0 bridgehead atoms. The van der Waals surface area contributed by atoms with Crippen molar-refractivity contribution in [3.05, 3.63) is 59.4 Å². The molecule has 2 N–H and O–H groups in total. The predicted octanol–water partition coefficient (Wildman–Crippen LogP) is 4.19. The minimum absolute atomic E-state index is 0.0847. The number of hydrogen-bond acceptors (Lipinski definition) is 3. The Bertz CT molecular complexity index is 841. The highest BCUT2D eigenvalue weighted by atomic mass is 19.1. The maximum absolute atomic E-state index is 14.5. The summed E-state index contributed by atoms with van der Waals surface area (Å²) < 4.78 is 20.0. The smallest absolute Gasteiger partial charge is 0.326 e. The van der Waals surface area contributed by atoms with E-state index in [4.69, 9.17) is 4.74 Å². The third-order valence-corrected chi connectivity index (χ3v) is 4.14. The first-order valence-corrected chi connectivity index (χ1v) is 9.11. The number of carbonyl (C=O) groups is 2. The van der Waals surface area contributed by atoms with Crippen LogP contribution in [0.15, 0.2) is 42.5 Å². The minimum atomic E-state index is -1.19. The Balaban J connectivity index is 2.09. The van der Waals surface area contributed by atoms with Crippen LogP contribution in [0.3, 0.4) is 0 Å². The van der Waals surface area contributed by atoms with Crippen LogP contribution >= 0.6 is 0 Å². The number of halogens is 1. The zero-order valence-corrected chi connectivity index (χ0v) is 16.6. The van der Waals surface area contributed by atoms with Crippen LogP contribution in [0.2, 0.25) is 0 Å². The molecule has 0 fully saturated rings. The molecule has 6 heteroatoms. The number of carboxylic acids is 1. The summed E-state index contributed by atoms with van der Waals surface area (Å²) in [5, 5.41) is 11.7. The molecule has 2 rings (SSSR count). The summed E-state index contributed by atoms with van der Waals surface area (Å²) in [5.41, 5.74) is 1.96. The molecule has 0 aliphatic rings. The van der Waals surface area contributed by atoms with Gasteiger partial charge in [-0.3, -0.25) is 4.79 Å². The molecule has 0 aliphatic heterocycles. The standard InChI is InChI=1S/C22H26FNO4/c1-14-5-7-15(8-6-14)16-9-10-17(18(23)13-16)20(25)24-19(21(26)27)11-12-28-22(2,3)4/h5-10,13,19H,11-12H2,1-4H3,(H,24,25)(H,26,27). The summed E-state index contributed by atoms with van der Waals surface area (Å²) in [6, 6.07) is 10.7. The van der Waals surface area contributed by atoms with Crippen LogP contribution in [-0.4, -0.2) is 35.2 Å². The van der Waals surface area contributed by atoms with Crippen molar-refractivity contribution in [1.82, 2.24) is 5.32 Å². The molecule has 28 heavy (non-hydrogen) atoms. The second-order valence-electron chi connectivity index (χ2n) is 7.67. The summed E-state index contributed by atoms with van der Waals surface area (Å²) in [5.74, 6) is -2.66. The molecule has 0 aromatic heterocycles. The fraction of sp³-hybridized carbons (Fsp3) is 0.364. The average Bonchev–Trinajstić information content (AvgIpc) is 2.60. The van der Waals surface area contributed by atoms with Crippen molar-refractivity contribution in [2.24, 2.45) is 0 Å². The molecule has 0 saturated heterocycles. The molecule has 1 amide bonds. The van der Waals surface area contributed by atoms with Gasteiger partial charge in [0.15, 0.2) is 0 Å². The number of carboxylic acid groups (broad SMARTS) is 1. The molecule has 1 atom stereocenters. The zero-order chi connectivity index (χ0) is 20.9. The second kappa shape index (κ2) is 8.97. The maximum Gasteiger partial charge on any atom is 0.326 e. The molecular weight excluding hydrogens is 361 g/mol. The van der Waals surface area contributed by atoms with E-state index in [1.165, 1.54) is 12.1 Å². The topological polar surface area (TPSA) is 75.6 Å². The number of carbonyl (C=O) groups excluding carboxylic acids is 1. The molecule has 0 aliphatic carbocycles. The van der Waals surface area contributed by atoms with Crippen molar-refractivity contribution in [3.63, 3.8) is 0 Å². The van der Waals surface area contributed by atoms with Gasteiger partial charge in [0.25, 0.3) is 5.91 Å². The lowest BCUT2D eigenvalue weighted by Gasteiger charge is -2.21. The second-order valence-corrected chi connectivity index (χ2v) is 7.67. The van der Waals surface area contributed by atoms with E-state index in [0.717, 1.165) is 11.1 Å². The summed E-state index contributed by atoms with van der Waals surface area (Å²) in [6.45, 7) is 7.68. The minimum Gasteiger partial charge on any atom is -0.480 e. The van der Waals surface area contributed by atoms with E-state index in [9.17, 15) is 19.1 Å². The SMILES string of the molecule is Cc1ccc(-c2ccc(C(=O)NC(CCOC(C)(C)C)C(=O)O)c(F)c2)cc1. The van der Waals surface area contributed by atoms with Crippen LogP contribution < -0.4 is 5.32 Å². The Hall–Kier alpha value is -2.73. The van der Waals surface area contributed by atoms with Crippen LogP contribution in [0.1, 0.15) is 43.1 Å². The molecule has 150 valence electrons. The van der Waals surface area contributed by atoms with Crippen LogP contribution in [0, 0.1) is 12.7 Å². The third-order valence-electron chi connectivity index (χ3n) is 4.14. The first kappa shape index (κ1) is 21.6. The zero-order valence-electron chi connectivity index (χ0n) is 16.6. The van der Waals surface area contributed by atoms with Gasteiger partial charge in [-0.25, -0.2) is 9.18 Å². The maximum atomic E-state index is 14.5. The lowest BCUT2D eigenvalue weighted by atomic mass is 10.0. The lowest BCUT2D eigenvalue weighted by Crippen LogP contribution is -2.42. The van der Waals surface area contributed by atoms with E-state index in [-0.39, 0.29) is 18.6 Å². The number of hydrogen-bond donors (Lipinski definition) is 2. The number of amides is 1. The summed E-state index contributed by atoms with van der Waals surface area (Å²) in [7, 11) is 0. The van der Waals surface area contributed by atoms with E-state index in [1.54, 1.807) is 6.07 Å². The molecule has 0 spiro atoms. The van der Waals surface area contributed by atoms with E-state index in [0.29, 0.717) is 5.56 Å². The van der Waals surface area contributed by atoms with Crippen LogP contribution in [0.4, 0.5) is 4.39 Å². The number of rotatable bonds is 7. The molecule has 0 saturated carbocycles. The van der Waals surface area contributed by atoms with E-state index < -0.39 is 29.3 Å². The number of benzene rings is 2. The van der Waals surface area contributed by atoms with Crippen molar-refractivity contribution in [2.75, 3.05) is 6.61 Å². The highest BCUT2D eigenvalue weighted by Crippen LogP contribution is 2.22. The van der Waals surface area contributed by atoms with Gasteiger partial charge in [0, 0.05) is 13.0 Å². The molecule has 2 aromatic carbocycles. The van der Waals surface area contributed by atoms with E-state index in [1.807, 2.05) is 52.0 Å². The van der Waals surface area contributed by atoms with Gasteiger partial charge in [0.2, 0.25) is 0 Å². The van der Waals surface area contributed by atoms with Gasteiger partial charge in [0.05, 0.1) is 11.2 Å². The normalized spacial score (nSPS) is 12.5. The Morgan fingerprint density at radius 3 is 2.25 bits per heavy atom. The van der Waals surface area contributed by atoms with Gasteiger partial charge >= 0.3 is 5.97 Å². The van der Waals surface area contributed by atoms with Crippen molar-refractivity contribution in [3.8, 4) is 11.1 Å². The van der Waals surface area contributed by atoms with Crippen molar-refractivity contribution < 1.29 is 23.8 Å². The van der Waals surface area contributed by atoms with E-state index >= 15 is 0 Å². The molecule has 0 radical (unpaired) electrons. The van der Waals surface area contributed by atoms with Crippen molar-refractivity contribution in [1.29, 1.82) is 0 Å². The third kappa shape index (κ3) is 6.16. The van der Waals surface area contributed by atoms with Gasteiger partial charge in [-0.2, -0.15) is 0 Å². The highest BCUT2D eigenvalue weighted by molar-refractivity contribution is 5.97. The highest BCUT2D eigenvalue weighted by Gasteiger charge is 2.23. The predicted molar refractivity (Wildman–Crippen MR) is 106 cm³/mol. The molecular formula is C22H26FNO4. The molecule has 0 heterocycles. The number of aryl methyl sites for hydroxylation is 1. The Labute approximate surface area is 164 Å². The van der Waals surface area contributed by atoms with E-state index in [2.05, 4.69) is 5.32 Å². The molecule has 5 nitrogen and oxygen atoms in total. The largest absolute Gasteiger partial charge is 0.480 e. The number of ether oxygens (including phenoxy) is 1. The quantitative estimate of drug-likeness (QED) is 0.747. The monoisotopic (exact) mass is 387 g/mol. The van der Waals surface area contributed by atoms with Crippen LogP contribution in [-0.2, 0) is 9.53 Å². The fourth-order valence-corrected chi connectivity index (χ4v) is 2.60. The Morgan fingerprint density at radius 2 is 1.71 bits per heavy atom.